The summed E-state index contributed by atoms with van der Waals surface area (Å²) in [6.45, 7) is 4.04. The van der Waals surface area contributed by atoms with E-state index in [4.69, 9.17) is 25.1 Å². The predicted molar refractivity (Wildman–Crippen MR) is 121 cm³/mol. The minimum atomic E-state index is 0.113. The van der Waals surface area contributed by atoms with Crippen molar-refractivity contribution < 1.29 is 4.74 Å². The molecule has 1 aliphatic rings. The Kier molecular flexibility index (Phi) is 4.66. The number of aryl methyl sites for hydroxylation is 2. The molecule has 31 heavy (non-hydrogen) atoms. The van der Waals surface area contributed by atoms with Gasteiger partial charge in [0, 0.05) is 12.0 Å². The van der Waals surface area contributed by atoms with Gasteiger partial charge in [0.25, 0.3) is 6.71 Å². The van der Waals surface area contributed by atoms with Gasteiger partial charge in [-0.05, 0) is 50.4 Å². The predicted octanol–water partition coefficient (Wildman–Crippen LogP) is 4.31. The molecule has 0 saturated carbocycles. The van der Waals surface area contributed by atoms with Crippen molar-refractivity contribution in [3.63, 3.8) is 0 Å². The van der Waals surface area contributed by atoms with Crippen LogP contribution in [0.2, 0.25) is 12.6 Å². The molecular formula is C23H21BN6O. The van der Waals surface area contributed by atoms with Crippen LogP contribution in [0.15, 0.2) is 36.5 Å². The van der Waals surface area contributed by atoms with Gasteiger partial charge in [0.1, 0.15) is 17.1 Å². The normalized spacial score (nSPS) is 14.0. The maximum Gasteiger partial charge on any atom is 0.271 e. The average molecular weight is 408 g/mol. The monoisotopic (exact) mass is 408 g/mol. The fourth-order valence-electron chi connectivity index (χ4n) is 4.14. The second kappa shape index (κ2) is 7.51. The molecule has 0 saturated heterocycles. The number of ether oxygens (including phenoxy) is 1. The molecule has 0 radical (unpaired) electrons. The summed E-state index contributed by atoms with van der Waals surface area (Å²) < 4.78 is 7.49. The number of methoxy groups -OCH3 is 1. The maximum atomic E-state index is 9.11. The Morgan fingerprint density at radius 3 is 2.71 bits per heavy atom. The standard InChI is InChI=1S/C23H21BN6O/c1-14-12-30-21(15(2)26-14)10-20(29-30)23-22(31-3)11-19-18(28-23)5-4-17(27-19)16-6-8-24(13-25)9-7-16/h4-6,10-12H,7-9H2,1-3H3. The Hall–Kier alpha value is -3.73. The molecule has 7 nitrogen and oxygen atoms in total. The molecule has 0 spiro atoms. The van der Waals surface area contributed by atoms with Crippen molar-refractivity contribution in [2.75, 3.05) is 7.11 Å². The van der Waals surface area contributed by atoms with Gasteiger partial charge < -0.3 is 4.74 Å². The van der Waals surface area contributed by atoms with Crippen molar-refractivity contribution in [1.29, 1.82) is 5.26 Å². The number of allylic oxidation sites excluding steroid dienone is 2. The largest absolute Gasteiger partial charge is 0.494 e. The lowest BCUT2D eigenvalue weighted by Crippen LogP contribution is -2.12. The third-order valence-electron chi connectivity index (χ3n) is 5.78. The van der Waals surface area contributed by atoms with Crippen LogP contribution in [0.25, 0.3) is 33.5 Å². The van der Waals surface area contributed by atoms with Crippen LogP contribution in [0.5, 0.6) is 5.75 Å². The number of nitriles is 1. The Bertz CT molecular complexity index is 1400. The first kappa shape index (κ1) is 19.3. The zero-order valence-electron chi connectivity index (χ0n) is 17.8. The van der Waals surface area contributed by atoms with Crippen LogP contribution in [0, 0.1) is 25.1 Å². The van der Waals surface area contributed by atoms with Crippen LogP contribution >= 0.6 is 0 Å². The summed E-state index contributed by atoms with van der Waals surface area (Å²) in [5.41, 5.74) is 7.87. The van der Waals surface area contributed by atoms with Gasteiger partial charge in [0.05, 0.1) is 46.9 Å². The SMILES string of the molecule is COc1cc2nc(C3=CCB(C#N)CC3)ccc2nc1-c1cc2c(C)nc(C)cn2n1. The lowest BCUT2D eigenvalue weighted by molar-refractivity contribution is 0.415. The van der Waals surface area contributed by atoms with Gasteiger partial charge in [-0.15, -0.1) is 0 Å². The van der Waals surface area contributed by atoms with Crippen LogP contribution in [-0.2, 0) is 0 Å². The lowest BCUT2D eigenvalue weighted by atomic mass is 9.44. The molecule has 0 unspecified atom stereocenters. The number of nitrogens with zero attached hydrogens (tertiary/aromatic N) is 6. The maximum absolute atomic E-state index is 9.11. The molecule has 5 rings (SSSR count). The average Bonchev–Trinajstić information content (AvgIpc) is 3.22. The van der Waals surface area contributed by atoms with Crippen molar-refractivity contribution >= 4 is 28.8 Å². The lowest BCUT2D eigenvalue weighted by Gasteiger charge is -2.15. The molecular weight excluding hydrogens is 387 g/mol. The molecule has 0 N–H and O–H groups in total. The minimum Gasteiger partial charge on any atom is -0.494 e. The topological polar surface area (TPSA) is 89.0 Å². The van der Waals surface area contributed by atoms with E-state index in [0.717, 1.165) is 58.4 Å². The Morgan fingerprint density at radius 1 is 1.10 bits per heavy atom. The zero-order valence-corrected chi connectivity index (χ0v) is 17.8. The molecule has 1 aliphatic heterocycles. The molecule has 0 aliphatic carbocycles. The number of fused-ring (bicyclic) bond motifs is 2. The Morgan fingerprint density at radius 2 is 1.97 bits per heavy atom. The number of hydrogen-bond acceptors (Lipinski definition) is 6. The molecule has 4 aromatic rings. The van der Waals surface area contributed by atoms with E-state index in [9.17, 15) is 0 Å². The van der Waals surface area contributed by atoms with Crippen molar-refractivity contribution in [1.82, 2.24) is 24.6 Å². The molecule has 0 aromatic carbocycles. The van der Waals surface area contributed by atoms with Crippen molar-refractivity contribution in [2.45, 2.75) is 32.9 Å². The number of pyridine rings is 2. The van der Waals surface area contributed by atoms with Crippen molar-refractivity contribution in [3.05, 3.63) is 53.6 Å². The van der Waals surface area contributed by atoms with Crippen LogP contribution in [0.1, 0.15) is 23.5 Å². The van der Waals surface area contributed by atoms with Gasteiger partial charge in [-0.25, -0.2) is 19.7 Å². The fourth-order valence-corrected chi connectivity index (χ4v) is 4.14. The molecule has 0 bridgehead atoms. The molecule has 8 heteroatoms. The summed E-state index contributed by atoms with van der Waals surface area (Å²) in [5, 5.41) is 13.8. The zero-order chi connectivity index (χ0) is 21.5. The molecule has 152 valence electrons. The summed E-state index contributed by atoms with van der Waals surface area (Å²) in [6.07, 6.45) is 6.58. The Balaban J connectivity index is 1.59. The van der Waals surface area contributed by atoms with E-state index in [1.54, 1.807) is 7.11 Å². The van der Waals surface area contributed by atoms with E-state index in [2.05, 4.69) is 17.0 Å². The summed E-state index contributed by atoms with van der Waals surface area (Å²) in [5.74, 6) is 2.99. The van der Waals surface area contributed by atoms with E-state index in [0.29, 0.717) is 11.4 Å². The van der Waals surface area contributed by atoms with Gasteiger partial charge in [-0.2, -0.15) is 5.10 Å². The smallest absolute Gasteiger partial charge is 0.271 e. The molecule has 0 atom stereocenters. The van der Waals surface area contributed by atoms with E-state index in [1.807, 2.05) is 48.8 Å². The highest BCUT2D eigenvalue weighted by Gasteiger charge is 2.20. The van der Waals surface area contributed by atoms with E-state index >= 15 is 0 Å². The van der Waals surface area contributed by atoms with Crippen LogP contribution in [0.3, 0.4) is 0 Å². The van der Waals surface area contributed by atoms with E-state index in [-0.39, 0.29) is 6.71 Å². The fraction of sp³-hybridized carbons (Fsp3) is 0.261. The second-order valence-electron chi connectivity index (χ2n) is 7.93. The number of rotatable bonds is 3. The number of aromatic nitrogens is 5. The van der Waals surface area contributed by atoms with Gasteiger partial charge in [0.2, 0.25) is 0 Å². The van der Waals surface area contributed by atoms with Gasteiger partial charge in [0.15, 0.2) is 0 Å². The highest BCUT2D eigenvalue weighted by atomic mass is 16.5. The van der Waals surface area contributed by atoms with Crippen molar-refractivity contribution in [3.8, 4) is 23.1 Å². The number of hydrogen-bond donors (Lipinski definition) is 0. The third-order valence-corrected chi connectivity index (χ3v) is 5.78. The third kappa shape index (κ3) is 3.42. The molecule has 5 heterocycles. The highest BCUT2D eigenvalue weighted by molar-refractivity contribution is 6.67. The molecule has 4 aromatic heterocycles. The van der Waals surface area contributed by atoms with E-state index < -0.39 is 0 Å². The first-order valence-corrected chi connectivity index (χ1v) is 10.3. The summed E-state index contributed by atoms with van der Waals surface area (Å²) in [6, 6.07) is 7.90. The minimum absolute atomic E-state index is 0.113. The molecule has 0 amide bonds. The second-order valence-corrected chi connectivity index (χ2v) is 7.93. The first-order chi connectivity index (χ1) is 15.1. The van der Waals surface area contributed by atoms with Crippen molar-refractivity contribution in [2.24, 2.45) is 0 Å². The van der Waals surface area contributed by atoms with Gasteiger partial charge in [-0.3, -0.25) is 4.98 Å². The van der Waals surface area contributed by atoms with E-state index in [1.165, 1.54) is 5.57 Å². The summed E-state index contributed by atoms with van der Waals surface area (Å²) in [7, 11) is 1.63. The van der Waals surface area contributed by atoms with Gasteiger partial charge >= 0.3 is 0 Å². The van der Waals surface area contributed by atoms with Gasteiger partial charge in [-0.1, -0.05) is 12.4 Å². The summed E-state index contributed by atoms with van der Waals surface area (Å²) in [4.78, 5) is 14.2. The highest BCUT2D eigenvalue weighted by Crippen LogP contribution is 2.33. The molecule has 0 fully saturated rings. The first-order valence-electron chi connectivity index (χ1n) is 10.3. The quantitative estimate of drug-likeness (QED) is 0.470. The van der Waals surface area contributed by atoms with Crippen LogP contribution < -0.4 is 4.74 Å². The van der Waals surface area contributed by atoms with Crippen LogP contribution in [0.4, 0.5) is 0 Å². The summed E-state index contributed by atoms with van der Waals surface area (Å²) >= 11 is 0. The Labute approximate surface area is 180 Å². The van der Waals surface area contributed by atoms with Crippen LogP contribution in [-0.4, -0.2) is 38.4 Å².